The van der Waals surface area contributed by atoms with Gasteiger partial charge in [0, 0.05) is 24.2 Å². The number of hydrogen-bond acceptors (Lipinski definition) is 3. The van der Waals surface area contributed by atoms with Crippen molar-refractivity contribution in [1.82, 2.24) is 10.2 Å². The van der Waals surface area contributed by atoms with E-state index in [4.69, 9.17) is 29.1 Å². The number of nitriles is 1. The molecule has 4 nitrogen and oxygen atoms in total. The molecular formula is C21H20ClN3OS. The fourth-order valence-electron chi connectivity index (χ4n) is 2.41. The summed E-state index contributed by atoms with van der Waals surface area (Å²) < 4.78 is 0. The molecule has 6 heteroatoms. The minimum absolute atomic E-state index is 0.315. The van der Waals surface area contributed by atoms with Crippen LogP contribution >= 0.6 is 23.8 Å². The van der Waals surface area contributed by atoms with E-state index < -0.39 is 0 Å². The Morgan fingerprint density at radius 1 is 1.15 bits per heavy atom. The van der Waals surface area contributed by atoms with Gasteiger partial charge in [-0.3, -0.25) is 10.1 Å². The minimum Gasteiger partial charge on any atom is -0.348 e. The van der Waals surface area contributed by atoms with Gasteiger partial charge in [-0.2, -0.15) is 5.26 Å². The maximum absolute atomic E-state index is 12.2. The van der Waals surface area contributed by atoms with Crippen LogP contribution in [0, 0.1) is 11.3 Å². The molecule has 0 unspecified atom stereocenters. The van der Waals surface area contributed by atoms with Crippen molar-refractivity contribution in [2.45, 2.75) is 12.8 Å². The summed E-state index contributed by atoms with van der Waals surface area (Å²) in [5, 5.41) is 12.5. The van der Waals surface area contributed by atoms with E-state index in [1.165, 1.54) is 11.6 Å². The number of nitrogens with one attached hydrogen (secondary N) is 1. The number of benzene rings is 2. The normalized spacial score (nSPS) is 10.4. The average molecular weight is 398 g/mol. The van der Waals surface area contributed by atoms with Gasteiger partial charge in [0.05, 0.1) is 12.5 Å². The molecule has 27 heavy (non-hydrogen) atoms. The van der Waals surface area contributed by atoms with E-state index in [9.17, 15) is 4.79 Å². The minimum atomic E-state index is -0.332. The molecular weight excluding hydrogens is 378 g/mol. The third-order valence-corrected chi connectivity index (χ3v) is 4.55. The molecule has 0 bridgehead atoms. The van der Waals surface area contributed by atoms with Gasteiger partial charge < -0.3 is 4.90 Å². The summed E-state index contributed by atoms with van der Waals surface area (Å²) >= 11 is 11.4. The zero-order valence-electron chi connectivity index (χ0n) is 14.8. The second-order valence-electron chi connectivity index (χ2n) is 5.78. The molecule has 0 radical (unpaired) electrons. The van der Waals surface area contributed by atoms with Crippen LogP contribution in [-0.2, 0) is 11.2 Å². The summed E-state index contributed by atoms with van der Waals surface area (Å²) in [4.78, 5) is 14.0. The molecule has 0 atom stereocenters. The lowest BCUT2D eigenvalue weighted by atomic mass is 10.1. The third-order valence-electron chi connectivity index (χ3n) is 3.84. The van der Waals surface area contributed by atoms with Crippen molar-refractivity contribution in [3.63, 3.8) is 0 Å². The van der Waals surface area contributed by atoms with Crippen LogP contribution in [0.1, 0.15) is 17.5 Å². The van der Waals surface area contributed by atoms with Crippen LogP contribution in [0.3, 0.4) is 0 Å². The molecule has 1 N–H and O–H groups in total. The highest BCUT2D eigenvalue weighted by molar-refractivity contribution is 7.80. The van der Waals surface area contributed by atoms with E-state index in [1.54, 1.807) is 12.1 Å². The fourth-order valence-corrected chi connectivity index (χ4v) is 2.89. The summed E-state index contributed by atoms with van der Waals surface area (Å²) in [6, 6.07) is 19.4. The van der Waals surface area contributed by atoms with Crippen LogP contribution in [0.4, 0.5) is 0 Å². The summed E-state index contributed by atoms with van der Waals surface area (Å²) in [7, 11) is 0. The predicted octanol–water partition coefficient (Wildman–Crippen LogP) is 4.21. The lowest BCUT2D eigenvalue weighted by Crippen LogP contribution is -2.43. The summed E-state index contributed by atoms with van der Waals surface area (Å²) in [5.74, 6) is -0.332. The number of carbonyl (C=O) groups excluding carboxylic acids is 1. The van der Waals surface area contributed by atoms with Crippen LogP contribution < -0.4 is 5.32 Å². The fraction of sp³-hybridized carbons (Fsp3) is 0.190. The maximum atomic E-state index is 12.2. The van der Waals surface area contributed by atoms with Crippen molar-refractivity contribution >= 4 is 40.9 Å². The predicted molar refractivity (Wildman–Crippen MR) is 113 cm³/mol. The van der Waals surface area contributed by atoms with E-state index in [0.29, 0.717) is 29.6 Å². The molecule has 0 aliphatic heterocycles. The number of hydrogen-bond donors (Lipinski definition) is 1. The first-order valence-electron chi connectivity index (χ1n) is 8.53. The molecule has 2 aromatic rings. The standard InChI is InChI=1S/C21H20ClN3OS/c22-19-10-5-4-9-18(19)11-12-20(26)24-21(27)25(15-6-14-23)16-13-17-7-2-1-3-8-17/h1-5,7-12H,6,13,15-16H2,(H,24,26,27)/b12-11+. The maximum Gasteiger partial charge on any atom is 0.250 e. The van der Waals surface area contributed by atoms with Gasteiger partial charge >= 0.3 is 0 Å². The van der Waals surface area contributed by atoms with E-state index in [1.807, 2.05) is 53.4 Å². The van der Waals surface area contributed by atoms with Gasteiger partial charge in [0.15, 0.2) is 5.11 Å². The lowest BCUT2D eigenvalue weighted by molar-refractivity contribution is -0.115. The Kier molecular flexibility index (Phi) is 8.50. The molecule has 0 saturated heterocycles. The first-order chi connectivity index (χ1) is 13.1. The molecule has 0 aliphatic rings. The van der Waals surface area contributed by atoms with Gasteiger partial charge in [-0.1, -0.05) is 60.1 Å². The summed E-state index contributed by atoms with van der Waals surface area (Å²) in [6.07, 6.45) is 4.15. The Hall–Kier alpha value is -2.68. The number of halogens is 1. The molecule has 138 valence electrons. The smallest absolute Gasteiger partial charge is 0.250 e. The van der Waals surface area contributed by atoms with E-state index in [-0.39, 0.29) is 5.91 Å². The van der Waals surface area contributed by atoms with Crippen LogP contribution in [-0.4, -0.2) is 29.0 Å². The Labute approximate surface area is 170 Å². The first-order valence-corrected chi connectivity index (χ1v) is 9.32. The van der Waals surface area contributed by atoms with E-state index >= 15 is 0 Å². The van der Waals surface area contributed by atoms with Crippen molar-refractivity contribution in [2.24, 2.45) is 0 Å². The van der Waals surface area contributed by atoms with Gasteiger partial charge in [-0.15, -0.1) is 0 Å². The van der Waals surface area contributed by atoms with Crippen molar-refractivity contribution in [3.8, 4) is 6.07 Å². The molecule has 0 aliphatic carbocycles. The number of amides is 1. The highest BCUT2D eigenvalue weighted by Gasteiger charge is 2.11. The largest absolute Gasteiger partial charge is 0.348 e. The number of thiocarbonyl (C=S) groups is 1. The first kappa shape index (κ1) is 20.6. The lowest BCUT2D eigenvalue weighted by Gasteiger charge is -2.24. The van der Waals surface area contributed by atoms with Crippen LogP contribution in [0.5, 0.6) is 0 Å². The highest BCUT2D eigenvalue weighted by Crippen LogP contribution is 2.16. The highest BCUT2D eigenvalue weighted by atomic mass is 35.5. The van der Waals surface area contributed by atoms with Crippen molar-refractivity contribution < 1.29 is 4.79 Å². The molecule has 0 fully saturated rings. The van der Waals surface area contributed by atoms with E-state index in [0.717, 1.165) is 12.0 Å². The molecule has 2 aromatic carbocycles. The molecule has 0 heterocycles. The van der Waals surface area contributed by atoms with Crippen LogP contribution in [0.25, 0.3) is 6.08 Å². The van der Waals surface area contributed by atoms with Crippen LogP contribution in [0.2, 0.25) is 5.02 Å². The van der Waals surface area contributed by atoms with Gasteiger partial charge in [0.2, 0.25) is 5.91 Å². The molecule has 0 aromatic heterocycles. The summed E-state index contributed by atoms with van der Waals surface area (Å²) in [6.45, 7) is 1.09. The second kappa shape index (κ2) is 11.1. The average Bonchev–Trinajstić information content (AvgIpc) is 2.68. The number of rotatable bonds is 7. The number of nitrogens with zero attached hydrogens (tertiary/aromatic N) is 2. The Morgan fingerprint density at radius 3 is 2.56 bits per heavy atom. The van der Waals surface area contributed by atoms with E-state index in [2.05, 4.69) is 11.4 Å². The topological polar surface area (TPSA) is 56.1 Å². The van der Waals surface area contributed by atoms with Gasteiger partial charge in [0.25, 0.3) is 0 Å². The zero-order chi connectivity index (χ0) is 19.5. The quantitative estimate of drug-likeness (QED) is 0.561. The van der Waals surface area contributed by atoms with Crippen molar-refractivity contribution in [1.29, 1.82) is 5.26 Å². The molecule has 0 spiro atoms. The van der Waals surface area contributed by atoms with Gasteiger partial charge in [0.1, 0.15) is 0 Å². The zero-order valence-corrected chi connectivity index (χ0v) is 16.3. The summed E-state index contributed by atoms with van der Waals surface area (Å²) in [5.41, 5.74) is 1.93. The van der Waals surface area contributed by atoms with Gasteiger partial charge in [-0.25, -0.2) is 0 Å². The van der Waals surface area contributed by atoms with Gasteiger partial charge in [-0.05, 0) is 41.9 Å². The molecule has 2 rings (SSSR count). The monoisotopic (exact) mass is 397 g/mol. The SMILES string of the molecule is N#CCCN(CCc1ccccc1)C(=S)NC(=O)/C=C/c1ccccc1Cl. The van der Waals surface area contributed by atoms with Crippen molar-refractivity contribution in [3.05, 3.63) is 76.8 Å². The third kappa shape index (κ3) is 7.22. The Bertz CT molecular complexity index is 846. The Balaban J connectivity index is 1.94. The van der Waals surface area contributed by atoms with Crippen molar-refractivity contribution in [2.75, 3.05) is 13.1 Å². The Morgan fingerprint density at radius 2 is 1.85 bits per heavy atom. The molecule has 0 saturated carbocycles. The molecule has 1 amide bonds. The second-order valence-corrected chi connectivity index (χ2v) is 6.57. The van der Waals surface area contributed by atoms with Crippen LogP contribution in [0.15, 0.2) is 60.7 Å². The number of carbonyl (C=O) groups is 1.